The monoisotopic (exact) mass is 295 g/mol. The maximum absolute atomic E-state index is 12.8. The van der Waals surface area contributed by atoms with E-state index in [0.717, 1.165) is 32.5 Å². The molecule has 0 aliphatic carbocycles. The normalized spacial score (nSPS) is 18.4. The summed E-state index contributed by atoms with van der Waals surface area (Å²) in [4.78, 5) is 13.8. The smallest absolute Gasteiger partial charge is 0.310 e. The minimum Gasteiger partial charge on any atom is -0.493 e. The van der Waals surface area contributed by atoms with Crippen LogP contribution in [0.2, 0.25) is 0 Å². The van der Waals surface area contributed by atoms with Crippen LogP contribution in [0.1, 0.15) is 19.8 Å². The summed E-state index contributed by atoms with van der Waals surface area (Å²) in [5.41, 5.74) is 0. The van der Waals surface area contributed by atoms with E-state index >= 15 is 0 Å². The van der Waals surface area contributed by atoms with Crippen LogP contribution in [0.3, 0.4) is 0 Å². The Morgan fingerprint density at radius 1 is 1.38 bits per heavy atom. The molecule has 0 aromatic heterocycles. The van der Waals surface area contributed by atoms with E-state index in [0.29, 0.717) is 5.75 Å². The third-order valence-corrected chi connectivity index (χ3v) is 4.21. The Labute approximate surface area is 124 Å². The molecule has 2 rings (SSSR count). The van der Waals surface area contributed by atoms with Gasteiger partial charge in [0.1, 0.15) is 18.2 Å². The quantitative estimate of drug-likeness (QED) is 0.876. The van der Waals surface area contributed by atoms with E-state index in [1.54, 1.807) is 0 Å². The van der Waals surface area contributed by atoms with Gasteiger partial charge in [-0.05, 0) is 62.7 Å². The van der Waals surface area contributed by atoms with Crippen molar-refractivity contribution in [3.8, 4) is 5.75 Å². The van der Waals surface area contributed by atoms with Gasteiger partial charge in [0, 0.05) is 0 Å². The van der Waals surface area contributed by atoms with Crippen LogP contribution in [0.5, 0.6) is 5.75 Å². The molecule has 1 atom stereocenters. The van der Waals surface area contributed by atoms with Gasteiger partial charge in [0.2, 0.25) is 0 Å². The fraction of sp³-hybridized carbons (Fsp3) is 0.562. The van der Waals surface area contributed by atoms with E-state index in [9.17, 15) is 14.3 Å². The number of rotatable bonds is 6. The van der Waals surface area contributed by atoms with E-state index in [2.05, 4.69) is 11.8 Å². The molecular formula is C16H22FNO3. The van der Waals surface area contributed by atoms with Crippen molar-refractivity contribution in [1.82, 2.24) is 4.90 Å². The number of piperidine rings is 1. The number of hydrogen-bond acceptors (Lipinski definition) is 3. The highest BCUT2D eigenvalue weighted by atomic mass is 19.1. The third-order valence-electron chi connectivity index (χ3n) is 4.21. The minimum atomic E-state index is -0.813. The average molecular weight is 295 g/mol. The Kier molecular flexibility index (Phi) is 5.56. The Bertz CT molecular complexity index is 455. The lowest BCUT2D eigenvalue weighted by molar-refractivity contribution is -0.145. The van der Waals surface area contributed by atoms with E-state index in [1.807, 2.05) is 0 Å². The molecule has 0 bridgehead atoms. The highest BCUT2D eigenvalue weighted by Crippen LogP contribution is 2.26. The number of aliphatic carboxylic acids is 1. The van der Waals surface area contributed by atoms with Crippen molar-refractivity contribution >= 4 is 5.97 Å². The van der Waals surface area contributed by atoms with Gasteiger partial charge in [-0.3, -0.25) is 4.79 Å². The second-order valence-electron chi connectivity index (χ2n) is 5.48. The molecule has 1 N–H and O–H groups in total. The number of nitrogens with zero attached hydrogens (tertiary/aromatic N) is 1. The largest absolute Gasteiger partial charge is 0.493 e. The third kappa shape index (κ3) is 4.43. The van der Waals surface area contributed by atoms with Gasteiger partial charge in [-0.15, -0.1) is 0 Å². The predicted octanol–water partition coefficient (Wildman–Crippen LogP) is 2.64. The van der Waals surface area contributed by atoms with Crippen LogP contribution >= 0.6 is 0 Å². The maximum Gasteiger partial charge on any atom is 0.310 e. The summed E-state index contributed by atoms with van der Waals surface area (Å²) in [5, 5.41) is 9.42. The first-order valence-electron chi connectivity index (χ1n) is 7.43. The first-order chi connectivity index (χ1) is 10.1. The van der Waals surface area contributed by atoms with Crippen molar-refractivity contribution in [2.75, 3.05) is 26.2 Å². The van der Waals surface area contributed by atoms with Gasteiger partial charge < -0.3 is 14.7 Å². The number of likely N-dealkylation sites (tertiary alicyclic amines) is 1. The molecule has 0 amide bonds. The molecule has 0 saturated carbocycles. The Hall–Kier alpha value is -1.62. The summed E-state index contributed by atoms with van der Waals surface area (Å²) in [6, 6.07) is 5.66. The van der Waals surface area contributed by atoms with Crippen LogP contribution in [0, 0.1) is 17.7 Å². The summed E-state index contributed by atoms with van der Waals surface area (Å²) in [6.45, 7) is 5.16. The van der Waals surface area contributed by atoms with Crippen LogP contribution in [0.4, 0.5) is 4.39 Å². The molecular weight excluding hydrogens is 273 g/mol. The molecule has 1 saturated heterocycles. The van der Waals surface area contributed by atoms with Crippen molar-refractivity contribution in [3.63, 3.8) is 0 Å². The van der Waals surface area contributed by atoms with Gasteiger partial charge in [0.25, 0.3) is 0 Å². The molecule has 1 unspecified atom stereocenters. The number of ether oxygens (including phenoxy) is 1. The molecule has 1 aromatic rings. The molecule has 21 heavy (non-hydrogen) atoms. The second-order valence-corrected chi connectivity index (χ2v) is 5.48. The molecule has 1 aliphatic heterocycles. The molecule has 0 radical (unpaired) electrons. The zero-order valence-electron chi connectivity index (χ0n) is 12.3. The summed E-state index contributed by atoms with van der Waals surface area (Å²) in [5.74, 6) is -0.996. The molecule has 1 fully saturated rings. The Balaban J connectivity index is 1.90. The number of benzene rings is 1. The lowest BCUT2D eigenvalue weighted by Gasteiger charge is -2.33. The van der Waals surface area contributed by atoms with Gasteiger partial charge in [-0.25, -0.2) is 4.39 Å². The van der Waals surface area contributed by atoms with E-state index in [4.69, 9.17) is 4.74 Å². The highest BCUT2D eigenvalue weighted by Gasteiger charge is 2.31. The zero-order chi connectivity index (χ0) is 15.2. The van der Waals surface area contributed by atoms with Crippen molar-refractivity contribution in [2.45, 2.75) is 19.8 Å². The van der Waals surface area contributed by atoms with Crippen LogP contribution in [0.15, 0.2) is 24.3 Å². The summed E-state index contributed by atoms with van der Waals surface area (Å²) in [6.07, 6.45) is 1.77. The molecule has 1 aliphatic rings. The molecule has 4 nitrogen and oxygen atoms in total. The van der Waals surface area contributed by atoms with E-state index in [-0.39, 0.29) is 18.3 Å². The number of carbonyl (C=O) groups is 1. The van der Waals surface area contributed by atoms with E-state index < -0.39 is 11.9 Å². The Morgan fingerprint density at radius 3 is 2.52 bits per heavy atom. The number of halogens is 1. The standard InChI is InChI=1S/C16H22FNO3/c1-2-18-9-7-12(8-10-18)15(16(19)20)11-21-14-5-3-13(17)4-6-14/h3-6,12,15H,2,7-11H2,1H3,(H,19,20). The fourth-order valence-electron chi connectivity index (χ4n) is 2.80. The highest BCUT2D eigenvalue weighted by molar-refractivity contribution is 5.70. The molecule has 116 valence electrons. The van der Waals surface area contributed by atoms with Crippen molar-refractivity contribution in [3.05, 3.63) is 30.1 Å². The summed E-state index contributed by atoms with van der Waals surface area (Å²) < 4.78 is 18.4. The molecule has 5 heteroatoms. The lowest BCUT2D eigenvalue weighted by Crippen LogP contribution is -2.39. The van der Waals surface area contributed by atoms with Crippen LogP contribution in [0.25, 0.3) is 0 Å². The van der Waals surface area contributed by atoms with Gasteiger partial charge in [0.05, 0.1) is 5.92 Å². The van der Waals surface area contributed by atoms with Crippen molar-refractivity contribution < 1.29 is 19.0 Å². The van der Waals surface area contributed by atoms with E-state index in [1.165, 1.54) is 24.3 Å². The van der Waals surface area contributed by atoms with Crippen LogP contribution in [-0.4, -0.2) is 42.2 Å². The van der Waals surface area contributed by atoms with Gasteiger partial charge in [-0.2, -0.15) is 0 Å². The first-order valence-corrected chi connectivity index (χ1v) is 7.43. The average Bonchev–Trinajstić information content (AvgIpc) is 2.49. The lowest BCUT2D eigenvalue weighted by atomic mass is 9.84. The summed E-state index contributed by atoms with van der Waals surface area (Å²) in [7, 11) is 0. The second kappa shape index (κ2) is 7.41. The number of hydrogen-bond donors (Lipinski definition) is 1. The zero-order valence-corrected chi connectivity index (χ0v) is 12.3. The maximum atomic E-state index is 12.8. The van der Waals surface area contributed by atoms with Gasteiger partial charge in [0.15, 0.2) is 0 Å². The predicted molar refractivity (Wildman–Crippen MR) is 77.9 cm³/mol. The molecule has 1 aromatic carbocycles. The Morgan fingerprint density at radius 2 is 2.00 bits per heavy atom. The van der Waals surface area contributed by atoms with Crippen LogP contribution in [-0.2, 0) is 4.79 Å². The minimum absolute atomic E-state index is 0.137. The molecule has 1 heterocycles. The topological polar surface area (TPSA) is 49.8 Å². The SMILES string of the molecule is CCN1CCC(C(COc2ccc(F)cc2)C(=O)O)CC1. The van der Waals surface area contributed by atoms with Crippen LogP contribution < -0.4 is 4.74 Å². The number of carboxylic acids is 1. The fourth-order valence-corrected chi connectivity index (χ4v) is 2.80. The summed E-state index contributed by atoms with van der Waals surface area (Å²) >= 11 is 0. The number of carboxylic acid groups (broad SMARTS) is 1. The first kappa shape index (κ1) is 15.8. The van der Waals surface area contributed by atoms with Crippen molar-refractivity contribution in [1.29, 1.82) is 0 Å². The van der Waals surface area contributed by atoms with Gasteiger partial charge in [-0.1, -0.05) is 6.92 Å². The van der Waals surface area contributed by atoms with Crippen molar-refractivity contribution in [2.24, 2.45) is 11.8 Å². The molecule has 0 spiro atoms. The van der Waals surface area contributed by atoms with Gasteiger partial charge >= 0.3 is 5.97 Å².